The monoisotopic (exact) mass is 547 g/mol. The molecule has 1 heterocycles. The van der Waals surface area contributed by atoms with E-state index < -0.39 is 5.91 Å². The molecule has 4 amide bonds. The number of rotatable bonds is 9. The van der Waals surface area contributed by atoms with E-state index in [9.17, 15) is 19.2 Å². The molecule has 0 spiro atoms. The average molecular weight is 548 g/mol. The number of carbonyl (C=O) groups excluding carboxylic acids is 4. The standard InChI is InChI=1S/C32H25N3O4S/c36-29(23-11-5-2-6-12-23)34-28(21-22-9-3-1-4-10-22)30(37)33-24-15-17-25(18-16-24)40-20-19-35-31(38)26-13-7-8-14-27(26)32(35)39/h1-18,21H,19-20H2,(H,33,37)(H,34,36)/b28-21-. The molecule has 7 nitrogen and oxygen atoms in total. The van der Waals surface area contributed by atoms with Gasteiger partial charge in [-0.05, 0) is 60.2 Å². The Balaban J connectivity index is 1.20. The highest BCUT2D eigenvalue weighted by Crippen LogP contribution is 2.25. The number of thioether (sulfide) groups is 1. The Morgan fingerprint density at radius 1 is 0.725 bits per heavy atom. The minimum Gasteiger partial charge on any atom is -0.321 e. The summed E-state index contributed by atoms with van der Waals surface area (Å²) in [6, 6.07) is 32.0. The number of hydrogen-bond acceptors (Lipinski definition) is 5. The van der Waals surface area contributed by atoms with Gasteiger partial charge in [-0.3, -0.25) is 24.1 Å². The first-order chi connectivity index (χ1) is 19.5. The molecule has 0 atom stereocenters. The summed E-state index contributed by atoms with van der Waals surface area (Å²) in [5, 5.41) is 5.57. The summed E-state index contributed by atoms with van der Waals surface area (Å²) in [7, 11) is 0. The number of imide groups is 1. The lowest BCUT2D eigenvalue weighted by atomic mass is 10.1. The fraction of sp³-hybridized carbons (Fsp3) is 0.0625. The molecule has 0 unspecified atom stereocenters. The molecule has 0 saturated carbocycles. The van der Waals surface area contributed by atoms with Gasteiger partial charge in [-0.2, -0.15) is 0 Å². The molecular formula is C32H25N3O4S. The van der Waals surface area contributed by atoms with Crippen LogP contribution in [0.4, 0.5) is 5.69 Å². The summed E-state index contributed by atoms with van der Waals surface area (Å²) in [4.78, 5) is 53.2. The first-order valence-electron chi connectivity index (χ1n) is 12.6. The van der Waals surface area contributed by atoms with E-state index >= 15 is 0 Å². The molecule has 2 N–H and O–H groups in total. The van der Waals surface area contributed by atoms with Crippen molar-refractivity contribution in [3.8, 4) is 0 Å². The van der Waals surface area contributed by atoms with E-state index in [1.807, 2.05) is 48.5 Å². The van der Waals surface area contributed by atoms with Gasteiger partial charge in [-0.15, -0.1) is 11.8 Å². The molecule has 0 fully saturated rings. The predicted molar refractivity (Wildman–Crippen MR) is 156 cm³/mol. The number of benzene rings is 4. The van der Waals surface area contributed by atoms with Crippen LogP contribution in [0.1, 0.15) is 36.6 Å². The second-order valence-electron chi connectivity index (χ2n) is 8.92. The molecule has 1 aliphatic rings. The molecular weight excluding hydrogens is 522 g/mol. The maximum Gasteiger partial charge on any atom is 0.272 e. The summed E-state index contributed by atoms with van der Waals surface area (Å²) < 4.78 is 0. The van der Waals surface area contributed by atoms with Crippen molar-refractivity contribution in [2.45, 2.75) is 4.90 Å². The fourth-order valence-electron chi connectivity index (χ4n) is 4.19. The van der Waals surface area contributed by atoms with Gasteiger partial charge in [-0.1, -0.05) is 60.7 Å². The van der Waals surface area contributed by atoms with Gasteiger partial charge in [-0.25, -0.2) is 0 Å². The van der Waals surface area contributed by atoms with Crippen LogP contribution in [-0.2, 0) is 4.79 Å². The minimum absolute atomic E-state index is 0.111. The number of amides is 4. The third kappa shape index (κ3) is 6.19. The quantitative estimate of drug-likeness (QED) is 0.164. The van der Waals surface area contributed by atoms with Gasteiger partial charge in [0.2, 0.25) is 0 Å². The number of nitrogens with one attached hydrogen (secondary N) is 2. The number of fused-ring (bicyclic) bond motifs is 1. The molecule has 5 rings (SSSR count). The zero-order valence-corrected chi connectivity index (χ0v) is 22.2. The normalized spacial score (nSPS) is 12.7. The summed E-state index contributed by atoms with van der Waals surface area (Å²) in [5.41, 5.74) is 2.77. The highest BCUT2D eigenvalue weighted by molar-refractivity contribution is 7.99. The van der Waals surface area contributed by atoms with Gasteiger partial charge in [0.15, 0.2) is 0 Å². The van der Waals surface area contributed by atoms with Crippen LogP contribution in [0.2, 0.25) is 0 Å². The number of hydrogen-bond donors (Lipinski definition) is 2. The molecule has 1 aliphatic heterocycles. The van der Waals surface area contributed by atoms with Crippen LogP contribution in [0.15, 0.2) is 120 Å². The van der Waals surface area contributed by atoms with E-state index in [1.165, 1.54) is 16.7 Å². The number of nitrogens with zero attached hydrogens (tertiary/aromatic N) is 1. The Bertz CT molecular complexity index is 1550. The predicted octanol–water partition coefficient (Wildman–Crippen LogP) is 5.48. The van der Waals surface area contributed by atoms with Crippen molar-refractivity contribution >= 4 is 47.2 Å². The molecule has 0 bridgehead atoms. The summed E-state index contributed by atoms with van der Waals surface area (Å²) >= 11 is 1.50. The van der Waals surface area contributed by atoms with Crippen LogP contribution in [0.3, 0.4) is 0 Å². The number of anilines is 1. The Morgan fingerprint density at radius 2 is 1.30 bits per heavy atom. The van der Waals surface area contributed by atoms with E-state index in [1.54, 1.807) is 66.7 Å². The highest BCUT2D eigenvalue weighted by atomic mass is 32.2. The topological polar surface area (TPSA) is 95.6 Å². The molecule has 0 radical (unpaired) electrons. The summed E-state index contributed by atoms with van der Waals surface area (Å²) in [6.07, 6.45) is 1.62. The van der Waals surface area contributed by atoms with Crippen LogP contribution in [0.25, 0.3) is 6.08 Å². The van der Waals surface area contributed by atoms with Gasteiger partial charge >= 0.3 is 0 Å². The first-order valence-corrected chi connectivity index (χ1v) is 13.6. The SMILES string of the molecule is O=C(Nc1ccc(SCCN2C(=O)c3ccccc3C2=O)cc1)/C(=C/c1ccccc1)NC(=O)c1ccccc1. The van der Waals surface area contributed by atoms with Gasteiger partial charge in [0.25, 0.3) is 23.6 Å². The largest absolute Gasteiger partial charge is 0.321 e. The van der Waals surface area contributed by atoms with Gasteiger partial charge in [0.05, 0.1) is 11.1 Å². The second kappa shape index (κ2) is 12.3. The van der Waals surface area contributed by atoms with E-state index in [-0.39, 0.29) is 23.4 Å². The minimum atomic E-state index is -0.459. The van der Waals surface area contributed by atoms with Crippen LogP contribution in [0, 0.1) is 0 Å². The lowest BCUT2D eigenvalue weighted by Crippen LogP contribution is -2.31. The van der Waals surface area contributed by atoms with Crippen molar-refractivity contribution < 1.29 is 19.2 Å². The fourth-order valence-corrected chi connectivity index (χ4v) is 5.03. The number of carbonyl (C=O) groups is 4. The van der Waals surface area contributed by atoms with E-state index in [0.29, 0.717) is 34.7 Å². The van der Waals surface area contributed by atoms with Crippen LogP contribution >= 0.6 is 11.8 Å². The molecule has 8 heteroatoms. The van der Waals surface area contributed by atoms with Gasteiger partial charge in [0, 0.05) is 28.4 Å². The van der Waals surface area contributed by atoms with E-state index in [2.05, 4.69) is 10.6 Å². The second-order valence-corrected chi connectivity index (χ2v) is 10.1. The zero-order valence-electron chi connectivity index (χ0n) is 21.4. The van der Waals surface area contributed by atoms with E-state index in [4.69, 9.17) is 0 Å². The molecule has 4 aromatic rings. The van der Waals surface area contributed by atoms with Crippen LogP contribution in [-0.4, -0.2) is 40.8 Å². The van der Waals surface area contributed by atoms with Crippen LogP contribution in [0.5, 0.6) is 0 Å². The molecule has 4 aromatic carbocycles. The molecule has 0 aliphatic carbocycles. The maximum atomic E-state index is 13.2. The van der Waals surface area contributed by atoms with Crippen molar-refractivity contribution in [3.05, 3.63) is 137 Å². The average Bonchev–Trinajstić information content (AvgIpc) is 3.23. The van der Waals surface area contributed by atoms with E-state index in [0.717, 1.165) is 10.5 Å². The maximum absolute atomic E-state index is 13.2. The Morgan fingerprint density at radius 3 is 1.93 bits per heavy atom. The van der Waals surface area contributed by atoms with Crippen molar-refractivity contribution in [2.24, 2.45) is 0 Å². The van der Waals surface area contributed by atoms with Crippen molar-refractivity contribution in [2.75, 3.05) is 17.6 Å². The van der Waals surface area contributed by atoms with Gasteiger partial charge < -0.3 is 10.6 Å². The van der Waals surface area contributed by atoms with Crippen LogP contribution < -0.4 is 10.6 Å². The lowest BCUT2D eigenvalue weighted by Gasteiger charge is -2.14. The molecule has 0 saturated heterocycles. The van der Waals surface area contributed by atoms with Crippen molar-refractivity contribution in [1.82, 2.24) is 10.2 Å². The molecule has 198 valence electrons. The third-order valence-corrected chi connectivity index (χ3v) is 7.21. The van der Waals surface area contributed by atoms with Gasteiger partial charge in [0.1, 0.15) is 5.70 Å². The Kier molecular flexibility index (Phi) is 8.18. The Hall–Kier alpha value is -4.95. The molecule has 40 heavy (non-hydrogen) atoms. The smallest absolute Gasteiger partial charge is 0.272 e. The zero-order chi connectivity index (χ0) is 27.9. The summed E-state index contributed by atoms with van der Waals surface area (Å²) in [6.45, 7) is 0.296. The summed E-state index contributed by atoms with van der Waals surface area (Å²) in [5.74, 6) is -0.843. The molecule has 0 aromatic heterocycles. The Labute approximate surface area is 235 Å². The highest BCUT2D eigenvalue weighted by Gasteiger charge is 2.34. The lowest BCUT2D eigenvalue weighted by molar-refractivity contribution is -0.113. The first kappa shape index (κ1) is 26.6. The van der Waals surface area contributed by atoms with Crippen molar-refractivity contribution in [1.29, 1.82) is 0 Å². The third-order valence-electron chi connectivity index (χ3n) is 6.21. The van der Waals surface area contributed by atoms with Crippen molar-refractivity contribution in [3.63, 3.8) is 0 Å².